The molecule has 0 aliphatic carbocycles. The lowest BCUT2D eigenvalue weighted by Gasteiger charge is -2.22. The zero-order chi connectivity index (χ0) is 18.9. The number of H-pyrrole nitrogens is 1. The van der Waals surface area contributed by atoms with Crippen LogP contribution < -0.4 is 10.7 Å². The predicted molar refractivity (Wildman–Crippen MR) is 103 cm³/mol. The van der Waals surface area contributed by atoms with E-state index < -0.39 is 0 Å². The average molecular weight is 355 g/mol. The summed E-state index contributed by atoms with van der Waals surface area (Å²) >= 11 is 0. The molecule has 0 aliphatic heterocycles. The van der Waals surface area contributed by atoms with Gasteiger partial charge in [-0.15, -0.1) is 6.58 Å². The van der Waals surface area contributed by atoms with Gasteiger partial charge in [0, 0.05) is 24.2 Å². The highest BCUT2D eigenvalue weighted by molar-refractivity contribution is 6.00. The smallest absolute Gasteiger partial charge is 0.306 e. The number of aldehydes is 1. The van der Waals surface area contributed by atoms with Gasteiger partial charge in [-0.3, -0.25) is 15.3 Å². The summed E-state index contributed by atoms with van der Waals surface area (Å²) in [5.74, 6) is 0. The third-order valence-corrected chi connectivity index (χ3v) is 3.93. The minimum absolute atomic E-state index is 0.385. The number of hydrogen-bond acceptors (Lipinski definition) is 4. The quantitative estimate of drug-likeness (QED) is 0.365. The summed E-state index contributed by atoms with van der Waals surface area (Å²) in [6.07, 6.45) is 5.93. The molecule has 0 bridgehead atoms. The number of aryl methyl sites for hydroxylation is 1. The molecule has 7 nitrogen and oxygen atoms in total. The van der Waals surface area contributed by atoms with Crippen molar-refractivity contribution in [2.24, 2.45) is 0 Å². The molecule has 0 saturated heterocycles. The van der Waals surface area contributed by atoms with Gasteiger partial charge in [0.15, 0.2) is 6.29 Å². The number of benzene rings is 1. The van der Waals surface area contributed by atoms with Crippen molar-refractivity contribution >= 4 is 18.0 Å². The van der Waals surface area contributed by atoms with Crippen LogP contribution in [-0.2, 0) is 0 Å². The van der Waals surface area contributed by atoms with Gasteiger partial charge < -0.3 is 5.32 Å². The van der Waals surface area contributed by atoms with Gasteiger partial charge in [-0.05, 0) is 31.4 Å². The number of nitrogens with one attached hydrogen (secondary N) is 3. The number of nitrogens with zero attached hydrogens (tertiary/aromatic N) is 2. The van der Waals surface area contributed by atoms with Gasteiger partial charge in [-0.2, -0.15) is 5.10 Å². The molecule has 0 radical (unpaired) electrons. The zero-order valence-corrected chi connectivity index (χ0v) is 15.2. The Morgan fingerprint density at radius 1 is 1.38 bits per heavy atom. The van der Waals surface area contributed by atoms with Gasteiger partial charge in [0.25, 0.3) is 0 Å². The molecule has 3 N–H and O–H groups in total. The Hall–Kier alpha value is -2.93. The van der Waals surface area contributed by atoms with Crippen LogP contribution in [0.1, 0.15) is 35.7 Å². The summed E-state index contributed by atoms with van der Waals surface area (Å²) in [6, 6.07) is 4.93. The average Bonchev–Trinajstić information content (AvgIpc) is 3.05. The number of amides is 2. The number of anilines is 1. The molecule has 2 aromatic rings. The number of hydrazine groups is 1. The van der Waals surface area contributed by atoms with E-state index in [0.717, 1.165) is 36.9 Å². The second-order valence-electron chi connectivity index (χ2n) is 5.94. The minimum atomic E-state index is -0.385. The summed E-state index contributed by atoms with van der Waals surface area (Å²) in [5, 5.41) is 11.5. The molecular weight excluding hydrogens is 330 g/mol. The largest absolute Gasteiger partial charge is 0.333 e. The van der Waals surface area contributed by atoms with Crippen LogP contribution in [0, 0.1) is 6.92 Å². The van der Waals surface area contributed by atoms with Gasteiger partial charge in [0.1, 0.15) is 0 Å². The molecule has 1 aromatic heterocycles. The minimum Gasteiger partial charge on any atom is -0.306 e. The maximum atomic E-state index is 12.4. The normalized spacial score (nSPS) is 10.6. The monoisotopic (exact) mass is 355 g/mol. The number of carbonyl (C=O) groups is 2. The van der Waals surface area contributed by atoms with Gasteiger partial charge in [0.2, 0.25) is 0 Å². The SMILES string of the molecule is C=CCCN(CCC)NC(=O)Nc1cccc(-c2[nH]ncc2C)c1C=O. The Bertz CT molecular complexity index is 769. The lowest BCUT2D eigenvalue weighted by molar-refractivity contribution is 0.112. The molecule has 1 heterocycles. The highest BCUT2D eigenvalue weighted by Gasteiger charge is 2.15. The van der Waals surface area contributed by atoms with E-state index in [1.165, 1.54) is 0 Å². The Balaban J connectivity index is 2.18. The first-order chi connectivity index (χ1) is 12.6. The summed E-state index contributed by atoms with van der Waals surface area (Å²) < 4.78 is 0. The van der Waals surface area contributed by atoms with Crippen molar-refractivity contribution in [1.29, 1.82) is 0 Å². The molecule has 0 saturated carbocycles. The highest BCUT2D eigenvalue weighted by atomic mass is 16.2. The molecular formula is C19H25N5O2. The molecule has 1 aromatic carbocycles. The van der Waals surface area contributed by atoms with Crippen molar-refractivity contribution in [1.82, 2.24) is 20.6 Å². The van der Waals surface area contributed by atoms with Crippen LogP contribution in [0.3, 0.4) is 0 Å². The number of carbonyl (C=O) groups excluding carboxylic acids is 2. The van der Waals surface area contributed by atoms with Crippen LogP contribution in [0.4, 0.5) is 10.5 Å². The summed E-state index contributed by atoms with van der Waals surface area (Å²) in [4.78, 5) is 24.0. The van der Waals surface area contributed by atoms with E-state index in [1.54, 1.807) is 18.3 Å². The Kier molecular flexibility index (Phi) is 7.11. The van der Waals surface area contributed by atoms with Gasteiger partial charge >= 0.3 is 6.03 Å². The lowest BCUT2D eigenvalue weighted by atomic mass is 10.0. The summed E-state index contributed by atoms with van der Waals surface area (Å²) in [6.45, 7) is 9.06. The number of aromatic amines is 1. The van der Waals surface area contributed by atoms with E-state index in [-0.39, 0.29) is 6.03 Å². The Morgan fingerprint density at radius 3 is 2.81 bits per heavy atom. The van der Waals surface area contributed by atoms with Crippen molar-refractivity contribution < 1.29 is 9.59 Å². The van der Waals surface area contributed by atoms with Gasteiger partial charge in [-0.25, -0.2) is 9.80 Å². The maximum absolute atomic E-state index is 12.4. The van der Waals surface area contributed by atoms with E-state index in [4.69, 9.17) is 0 Å². The van der Waals surface area contributed by atoms with E-state index in [0.29, 0.717) is 23.4 Å². The van der Waals surface area contributed by atoms with Crippen molar-refractivity contribution in [3.8, 4) is 11.3 Å². The maximum Gasteiger partial charge on any atom is 0.333 e. The number of rotatable bonds is 9. The van der Waals surface area contributed by atoms with E-state index in [1.807, 2.05) is 31.0 Å². The summed E-state index contributed by atoms with van der Waals surface area (Å²) in [5.41, 5.74) is 6.05. The van der Waals surface area contributed by atoms with Crippen LogP contribution in [0.5, 0.6) is 0 Å². The van der Waals surface area contributed by atoms with E-state index in [2.05, 4.69) is 27.5 Å². The van der Waals surface area contributed by atoms with Crippen LogP contribution in [0.2, 0.25) is 0 Å². The number of urea groups is 1. The van der Waals surface area contributed by atoms with Crippen molar-refractivity contribution in [3.05, 3.63) is 48.2 Å². The molecule has 0 aliphatic rings. The van der Waals surface area contributed by atoms with Crippen molar-refractivity contribution in [2.45, 2.75) is 26.7 Å². The van der Waals surface area contributed by atoms with Crippen molar-refractivity contribution in [3.63, 3.8) is 0 Å². The third-order valence-electron chi connectivity index (χ3n) is 3.93. The highest BCUT2D eigenvalue weighted by Crippen LogP contribution is 2.28. The topological polar surface area (TPSA) is 90.1 Å². The molecule has 0 unspecified atom stereocenters. The second-order valence-corrected chi connectivity index (χ2v) is 5.94. The molecule has 138 valence electrons. The number of aromatic nitrogens is 2. The van der Waals surface area contributed by atoms with E-state index in [9.17, 15) is 9.59 Å². The van der Waals surface area contributed by atoms with Crippen LogP contribution in [-0.4, -0.2) is 40.6 Å². The molecule has 7 heteroatoms. The van der Waals surface area contributed by atoms with Gasteiger partial charge in [0.05, 0.1) is 17.6 Å². The molecule has 0 fully saturated rings. The molecule has 26 heavy (non-hydrogen) atoms. The van der Waals surface area contributed by atoms with Crippen LogP contribution in [0.25, 0.3) is 11.3 Å². The standard InChI is InChI=1S/C19H25N5O2/c1-4-6-11-24(10-5-2)23-19(26)21-17-9-7-8-15(16(17)13-25)18-14(3)12-20-22-18/h4,7-9,12-13H,1,5-6,10-11H2,2-3H3,(H,20,22)(H2,21,23,26). The molecule has 0 atom stereocenters. The second kappa shape index (κ2) is 9.53. The molecule has 2 rings (SSSR count). The fourth-order valence-electron chi connectivity index (χ4n) is 2.67. The first-order valence-electron chi connectivity index (χ1n) is 8.62. The first kappa shape index (κ1) is 19.4. The Morgan fingerprint density at radius 2 is 2.19 bits per heavy atom. The third kappa shape index (κ3) is 4.80. The number of hydrogen-bond donors (Lipinski definition) is 3. The van der Waals surface area contributed by atoms with Gasteiger partial charge in [-0.1, -0.05) is 25.1 Å². The lowest BCUT2D eigenvalue weighted by Crippen LogP contribution is -2.45. The fraction of sp³-hybridized carbons (Fsp3) is 0.316. The molecule has 2 amide bonds. The van der Waals surface area contributed by atoms with E-state index >= 15 is 0 Å². The predicted octanol–water partition coefficient (Wildman–Crippen LogP) is 3.52. The van der Waals surface area contributed by atoms with Crippen molar-refractivity contribution in [2.75, 3.05) is 18.4 Å². The summed E-state index contributed by atoms with van der Waals surface area (Å²) in [7, 11) is 0. The first-order valence-corrected chi connectivity index (χ1v) is 8.62. The zero-order valence-electron chi connectivity index (χ0n) is 15.2. The molecule has 0 spiro atoms. The Labute approximate surface area is 153 Å². The fourth-order valence-corrected chi connectivity index (χ4v) is 2.67. The van der Waals surface area contributed by atoms with Crippen LogP contribution >= 0.6 is 0 Å². The van der Waals surface area contributed by atoms with Crippen LogP contribution in [0.15, 0.2) is 37.1 Å².